The Morgan fingerprint density at radius 3 is 2.38 bits per heavy atom. The molecular formula is C11H16Cl3NO. The van der Waals surface area contributed by atoms with Gasteiger partial charge >= 0.3 is 0 Å². The molecular weight excluding hydrogens is 268 g/mol. The number of phenolic OH excluding ortho intramolecular Hbond substituents is 1. The molecule has 0 aromatic heterocycles. The second kappa shape index (κ2) is 6.55. The van der Waals surface area contributed by atoms with E-state index < -0.39 is 0 Å². The fourth-order valence-electron chi connectivity index (χ4n) is 1.49. The van der Waals surface area contributed by atoms with Crippen LogP contribution in [0.4, 0.5) is 0 Å². The predicted molar refractivity (Wildman–Crippen MR) is 71.8 cm³/mol. The molecule has 0 spiro atoms. The lowest BCUT2D eigenvalue weighted by Gasteiger charge is -2.16. The van der Waals surface area contributed by atoms with Gasteiger partial charge in [-0.3, -0.25) is 0 Å². The van der Waals surface area contributed by atoms with E-state index in [0.29, 0.717) is 16.5 Å². The second-order valence-electron chi connectivity index (χ2n) is 4.04. The van der Waals surface area contributed by atoms with Gasteiger partial charge in [0.25, 0.3) is 0 Å². The summed E-state index contributed by atoms with van der Waals surface area (Å²) in [6.07, 6.45) is 0.797. The first-order valence-electron chi connectivity index (χ1n) is 4.86. The van der Waals surface area contributed by atoms with Gasteiger partial charge in [-0.05, 0) is 18.4 Å². The Labute approximate surface area is 112 Å². The van der Waals surface area contributed by atoms with Crippen molar-refractivity contribution in [2.45, 2.75) is 26.3 Å². The van der Waals surface area contributed by atoms with Crippen LogP contribution in [0.2, 0.25) is 10.0 Å². The molecule has 0 aliphatic carbocycles. The maximum atomic E-state index is 9.77. The third-order valence-electron chi connectivity index (χ3n) is 2.23. The van der Waals surface area contributed by atoms with Crippen LogP contribution < -0.4 is 5.73 Å². The lowest BCUT2D eigenvalue weighted by molar-refractivity contribution is 0.445. The molecule has 92 valence electrons. The van der Waals surface area contributed by atoms with Gasteiger partial charge in [-0.2, -0.15) is 0 Å². The first kappa shape index (κ1) is 15.9. The van der Waals surface area contributed by atoms with Crippen molar-refractivity contribution < 1.29 is 5.11 Å². The first-order chi connectivity index (χ1) is 6.93. The van der Waals surface area contributed by atoms with E-state index in [4.69, 9.17) is 28.9 Å². The summed E-state index contributed by atoms with van der Waals surface area (Å²) < 4.78 is 0. The molecule has 0 saturated carbocycles. The third-order valence-corrected chi connectivity index (χ3v) is 3.02. The normalized spacial score (nSPS) is 12.4. The van der Waals surface area contributed by atoms with Crippen LogP contribution in [0.15, 0.2) is 12.1 Å². The molecule has 0 aliphatic heterocycles. The molecule has 0 fully saturated rings. The summed E-state index contributed by atoms with van der Waals surface area (Å²) in [5, 5.41) is 10.3. The van der Waals surface area contributed by atoms with Gasteiger partial charge in [0.15, 0.2) is 0 Å². The summed E-state index contributed by atoms with van der Waals surface area (Å²) in [7, 11) is 0. The number of halogens is 3. The molecule has 2 nitrogen and oxygen atoms in total. The van der Waals surface area contributed by atoms with Crippen molar-refractivity contribution in [3.8, 4) is 5.75 Å². The molecule has 3 N–H and O–H groups in total. The van der Waals surface area contributed by atoms with Crippen LogP contribution in [0.5, 0.6) is 5.75 Å². The number of hydrogen-bond donors (Lipinski definition) is 2. The molecule has 0 bridgehead atoms. The lowest BCUT2D eigenvalue weighted by Crippen LogP contribution is -2.13. The summed E-state index contributed by atoms with van der Waals surface area (Å²) in [6.45, 7) is 4.16. The van der Waals surface area contributed by atoms with Crippen molar-refractivity contribution in [2.24, 2.45) is 11.7 Å². The highest BCUT2D eigenvalue weighted by molar-refractivity contribution is 6.43. The predicted octanol–water partition coefficient (Wildman–Crippen LogP) is 4.17. The zero-order valence-electron chi connectivity index (χ0n) is 9.21. The molecule has 0 amide bonds. The van der Waals surface area contributed by atoms with Crippen LogP contribution in [-0.2, 0) is 0 Å². The van der Waals surface area contributed by atoms with E-state index in [2.05, 4.69) is 13.8 Å². The van der Waals surface area contributed by atoms with E-state index >= 15 is 0 Å². The number of benzene rings is 1. The zero-order chi connectivity index (χ0) is 11.6. The Balaban J connectivity index is 0.00000225. The molecule has 1 aromatic carbocycles. The minimum Gasteiger partial charge on any atom is -0.506 e. The van der Waals surface area contributed by atoms with Gasteiger partial charge < -0.3 is 10.8 Å². The van der Waals surface area contributed by atoms with Crippen molar-refractivity contribution >= 4 is 35.6 Å². The Hall–Kier alpha value is -0.150. The van der Waals surface area contributed by atoms with Crippen LogP contribution in [0, 0.1) is 5.92 Å². The fraction of sp³-hybridized carbons (Fsp3) is 0.455. The van der Waals surface area contributed by atoms with Crippen LogP contribution >= 0.6 is 35.6 Å². The van der Waals surface area contributed by atoms with Crippen molar-refractivity contribution in [3.63, 3.8) is 0 Å². The molecule has 16 heavy (non-hydrogen) atoms. The Bertz CT molecular complexity index is 355. The zero-order valence-corrected chi connectivity index (χ0v) is 11.5. The molecule has 0 unspecified atom stereocenters. The highest BCUT2D eigenvalue weighted by atomic mass is 35.5. The molecule has 1 atom stereocenters. The second-order valence-corrected chi connectivity index (χ2v) is 4.82. The highest BCUT2D eigenvalue weighted by Gasteiger charge is 2.16. The largest absolute Gasteiger partial charge is 0.506 e. The molecule has 0 aliphatic rings. The summed E-state index contributed by atoms with van der Waals surface area (Å²) >= 11 is 11.6. The Morgan fingerprint density at radius 2 is 1.88 bits per heavy atom. The van der Waals surface area contributed by atoms with Crippen molar-refractivity contribution in [1.82, 2.24) is 0 Å². The number of rotatable bonds is 3. The minimum absolute atomic E-state index is 0. The minimum atomic E-state index is -0.209. The van der Waals surface area contributed by atoms with Gasteiger partial charge in [0.1, 0.15) is 10.8 Å². The molecule has 1 rings (SSSR count). The third kappa shape index (κ3) is 3.70. The molecule has 0 radical (unpaired) electrons. The van der Waals surface area contributed by atoms with Gasteiger partial charge in [-0.15, -0.1) is 12.4 Å². The van der Waals surface area contributed by atoms with E-state index in [9.17, 15) is 5.11 Å². The Kier molecular flexibility index (Phi) is 6.49. The first-order valence-corrected chi connectivity index (χ1v) is 5.61. The smallest absolute Gasteiger partial charge is 0.140 e. The molecule has 5 heteroatoms. The quantitative estimate of drug-likeness (QED) is 0.875. The van der Waals surface area contributed by atoms with E-state index in [1.165, 1.54) is 0 Å². The average molecular weight is 285 g/mol. The molecule has 0 heterocycles. The topological polar surface area (TPSA) is 46.2 Å². The fourth-order valence-corrected chi connectivity index (χ4v) is 1.81. The monoisotopic (exact) mass is 283 g/mol. The van der Waals surface area contributed by atoms with Gasteiger partial charge in [0, 0.05) is 11.6 Å². The van der Waals surface area contributed by atoms with E-state index in [1.807, 2.05) is 0 Å². The van der Waals surface area contributed by atoms with Crippen LogP contribution in [0.3, 0.4) is 0 Å². The number of phenols is 1. The van der Waals surface area contributed by atoms with E-state index in [1.54, 1.807) is 12.1 Å². The van der Waals surface area contributed by atoms with Crippen LogP contribution in [0.1, 0.15) is 31.9 Å². The van der Waals surface area contributed by atoms with E-state index in [-0.39, 0.29) is 29.2 Å². The highest BCUT2D eigenvalue weighted by Crippen LogP contribution is 2.37. The van der Waals surface area contributed by atoms with Gasteiger partial charge in [0.2, 0.25) is 0 Å². The van der Waals surface area contributed by atoms with Gasteiger partial charge in [-0.1, -0.05) is 43.1 Å². The number of aromatic hydroxyl groups is 1. The molecule has 1 aromatic rings. The van der Waals surface area contributed by atoms with Gasteiger partial charge in [0.05, 0.1) is 5.02 Å². The number of nitrogens with two attached hydrogens (primary N) is 1. The van der Waals surface area contributed by atoms with Crippen LogP contribution in [0.25, 0.3) is 0 Å². The maximum Gasteiger partial charge on any atom is 0.140 e. The summed E-state index contributed by atoms with van der Waals surface area (Å²) in [4.78, 5) is 0. The molecule has 0 saturated heterocycles. The summed E-state index contributed by atoms with van der Waals surface area (Å²) in [6, 6.07) is 3.16. The van der Waals surface area contributed by atoms with Crippen molar-refractivity contribution in [2.75, 3.05) is 0 Å². The maximum absolute atomic E-state index is 9.77. The number of hydrogen-bond acceptors (Lipinski definition) is 2. The van der Waals surface area contributed by atoms with E-state index in [0.717, 1.165) is 6.42 Å². The SMILES string of the molecule is CC(C)C[C@H](N)c1ccc(Cl)c(Cl)c1O.Cl. The summed E-state index contributed by atoms with van der Waals surface area (Å²) in [5.74, 6) is 0.464. The lowest BCUT2D eigenvalue weighted by atomic mass is 9.97. The standard InChI is InChI=1S/C11H15Cl2NO.ClH/c1-6(2)5-9(14)7-3-4-8(12)10(13)11(7)15;/h3-4,6,9,15H,5,14H2,1-2H3;1H/t9-;/m0./s1. The van der Waals surface area contributed by atoms with Crippen LogP contribution in [-0.4, -0.2) is 5.11 Å². The van der Waals surface area contributed by atoms with Gasteiger partial charge in [-0.25, -0.2) is 0 Å². The van der Waals surface area contributed by atoms with Crippen molar-refractivity contribution in [1.29, 1.82) is 0 Å². The summed E-state index contributed by atoms with van der Waals surface area (Å²) in [5.41, 5.74) is 6.61. The Morgan fingerprint density at radius 1 is 1.31 bits per heavy atom. The van der Waals surface area contributed by atoms with Crippen molar-refractivity contribution in [3.05, 3.63) is 27.7 Å². The average Bonchev–Trinajstić information content (AvgIpc) is 2.13.